The Morgan fingerprint density at radius 1 is 1.44 bits per heavy atom. The van der Waals surface area contributed by atoms with Gasteiger partial charge in [0.2, 0.25) is 0 Å². The minimum absolute atomic E-state index is 0.0171. The van der Waals surface area contributed by atoms with Gasteiger partial charge in [-0.3, -0.25) is 10.1 Å². The predicted molar refractivity (Wildman–Crippen MR) is 63.2 cm³/mol. The summed E-state index contributed by atoms with van der Waals surface area (Å²) in [5.74, 6) is 0. The highest BCUT2D eigenvalue weighted by molar-refractivity contribution is 5.89. The van der Waals surface area contributed by atoms with Gasteiger partial charge in [-0.05, 0) is 13.0 Å². The lowest BCUT2D eigenvalue weighted by Gasteiger charge is -1.98. The summed E-state index contributed by atoms with van der Waals surface area (Å²) < 4.78 is 6.10. The average molecular weight is 247 g/mol. The third-order valence-electron chi connectivity index (χ3n) is 2.47. The number of nitro benzene ring substituents is 1. The Hall–Kier alpha value is -2.50. The zero-order valence-electron chi connectivity index (χ0n) is 9.70. The minimum atomic E-state index is -0.508. The van der Waals surface area contributed by atoms with Crippen molar-refractivity contribution in [2.24, 2.45) is 0 Å². The highest BCUT2D eigenvalue weighted by atomic mass is 16.6. The van der Waals surface area contributed by atoms with E-state index in [0.29, 0.717) is 10.8 Å². The fourth-order valence-corrected chi connectivity index (χ4v) is 1.68. The van der Waals surface area contributed by atoms with Gasteiger partial charge in [-0.15, -0.1) is 0 Å². The number of aromatic nitrogens is 1. The molecule has 2 rings (SSSR count). The summed E-state index contributed by atoms with van der Waals surface area (Å²) in [6, 6.07) is 6.25. The number of nitrogens with zero attached hydrogens (tertiary/aromatic N) is 2. The van der Waals surface area contributed by atoms with Crippen molar-refractivity contribution in [2.45, 2.75) is 6.92 Å². The standard InChI is InChI=1S/C12H11N2O4/c1-2-18-12(15)13-7-6-10-9(8-13)4-3-5-11(10)14(16)17/h3-8H,2H2,1H3/q+1. The molecule has 0 radical (unpaired) electrons. The van der Waals surface area contributed by atoms with Crippen LogP contribution in [0.1, 0.15) is 6.92 Å². The van der Waals surface area contributed by atoms with E-state index in [2.05, 4.69) is 0 Å². The van der Waals surface area contributed by atoms with Gasteiger partial charge < -0.3 is 4.74 Å². The normalized spacial score (nSPS) is 10.3. The van der Waals surface area contributed by atoms with E-state index in [4.69, 9.17) is 4.74 Å². The van der Waals surface area contributed by atoms with E-state index in [9.17, 15) is 14.9 Å². The van der Waals surface area contributed by atoms with Crippen LogP contribution in [0.5, 0.6) is 0 Å². The van der Waals surface area contributed by atoms with Gasteiger partial charge in [-0.25, -0.2) is 0 Å². The van der Waals surface area contributed by atoms with Crippen LogP contribution in [-0.4, -0.2) is 17.6 Å². The average Bonchev–Trinajstić information content (AvgIpc) is 2.37. The van der Waals surface area contributed by atoms with Crippen LogP contribution in [0.15, 0.2) is 36.7 Å². The summed E-state index contributed by atoms with van der Waals surface area (Å²) in [7, 11) is 0. The zero-order valence-corrected chi connectivity index (χ0v) is 9.70. The summed E-state index contributed by atoms with van der Waals surface area (Å²) in [5.41, 5.74) is 0.0171. The summed E-state index contributed by atoms with van der Waals surface area (Å²) in [4.78, 5) is 21.9. The van der Waals surface area contributed by atoms with Crippen LogP contribution < -0.4 is 4.57 Å². The van der Waals surface area contributed by atoms with Crippen molar-refractivity contribution in [2.75, 3.05) is 6.61 Å². The fraction of sp³-hybridized carbons (Fsp3) is 0.167. The second kappa shape index (κ2) is 4.79. The third kappa shape index (κ3) is 2.13. The minimum Gasteiger partial charge on any atom is -0.412 e. The van der Waals surface area contributed by atoms with Crippen molar-refractivity contribution < 1.29 is 19.0 Å². The number of nitro groups is 1. The lowest BCUT2D eigenvalue weighted by molar-refractivity contribution is -0.584. The van der Waals surface area contributed by atoms with Crippen molar-refractivity contribution in [3.63, 3.8) is 0 Å². The van der Waals surface area contributed by atoms with E-state index >= 15 is 0 Å². The van der Waals surface area contributed by atoms with Gasteiger partial charge in [-0.1, -0.05) is 10.6 Å². The summed E-state index contributed by atoms with van der Waals surface area (Å²) in [6.45, 7) is 1.99. The molecule has 6 heteroatoms. The molecule has 0 N–H and O–H groups in total. The molecule has 0 aliphatic rings. The van der Waals surface area contributed by atoms with Gasteiger partial charge in [0, 0.05) is 12.1 Å². The molecular formula is C12H11N2O4+. The molecule has 0 amide bonds. The molecule has 0 atom stereocenters. The molecule has 0 saturated heterocycles. The molecule has 92 valence electrons. The molecular weight excluding hydrogens is 236 g/mol. The second-order valence-electron chi connectivity index (χ2n) is 3.59. The first-order valence-electron chi connectivity index (χ1n) is 5.39. The molecule has 0 aliphatic carbocycles. The Labute approximate surface area is 103 Å². The SMILES string of the molecule is CCOC(=O)[n+]1ccc2c([N+](=O)[O-])cccc2c1. The lowest BCUT2D eigenvalue weighted by atomic mass is 10.1. The Bertz CT molecular complexity index is 625. The van der Waals surface area contributed by atoms with Gasteiger partial charge in [-0.2, -0.15) is 4.79 Å². The maximum absolute atomic E-state index is 11.5. The Kier molecular flexibility index (Phi) is 3.18. The molecule has 1 aromatic carbocycles. The first-order chi connectivity index (χ1) is 8.63. The maximum atomic E-state index is 11.5. The number of benzene rings is 1. The number of non-ortho nitro benzene ring substituents is 1. The van der Waals surface area contributed by atoms with Gasteiger partial charge in [0.25, 0.3) is 5.69 Å². The number of fused-ring (bicyclic) bond motifs is 1. The number of pyridine rings is 1. The fourth-order valence-electron chi connectivity index (χ4n) is 1.68. The van der Waals surface area contributed by atoms with Crippen LogP contribution in [0.4, 0.5) is 10.5 Å². The van der Waals surface area contributed by atoms with Crippen molar-refractivity contribution in [3.05, 3.63) is 46.8 Å². The number of hydrogen-bond donors (Lipinski definition) is 0. The van der Waals surface area contributed by atoms with Gasteiger partial charge in [0.1, 0.15) is 0 Å². The van der Waals surface area contributed by atoms with Crippen molar-refractivity contribution >= 4 is 22.6 Å². The van der Waals surface area contributed by atoms with Crippen molar-refractivity contribution in [1.82, 2.24) is 0 Å². The summed E-state index contributed by atoms with van der Waals surface area (Å²) in [6.07, 6.45) is 2.46. The third-order valence-corrected chi connectivity index (χ3v) is 2.47. The van der Waals surface area contributed by atoms with Crippen molar-refractivity contribution in [3.8, 4) is 0 Å². The smallest absolute Gasteiger partial charge is 0.412 e. The predicted octanol–water partition coefficient (Wildman–Crippen LogP) is 2.04. The van der Waals surface area contributed by atoms with Crippen LogP contribution in [0, 0.1) is 10.1 Å². The van der Waals surface area contributed by atoms with Crippen LogP contribution >= 0.6 is 0 Å². The molecule has 0 fully saturated rings. The number of ether oxygens (including phenoxy) is 1. The summed E-state index contributed by atoms with van der Waals surface area (Å²) >= 11 is 0. The van der Waals surface area contributed by atoms with E-state index in [0.717, 1.165) is 0 Å². The highest BCUT2D eigenvalue weighted by Crippen LogP contribution is 2.23. The van der Waals surface area contributed by atoms with E-state index < -0.39 is 11.0 Å². The molecule has 0 spiro atoms. The molecule has 0 bridgehead atoms. The first-order valence-corrected chi connectivity index (χ1v) is 5.39. The van der Waals surface area contributed by atoms with Crippen LogP contribution in [-0.2, 0) is 4.74 Å². The van der Waals surface area contributed by atoms with Gasteiger partial charge >= 0.3 is 6.09 Å². The monoisotopic (exact) mass is 247 g/mol. The summed E-state index contributed by atoms with van der Waals surface area (Å²) in [5, 5.41) is 11.9. The highest BCUT2D eigenvalue weighted by Gasteiger charge is 2.19. The quantitative estimate of drug-likeness (QED) is 0.462. The molecule has 1 aromatic heterocycles. The zero-order chi connectivity index (χ0) is 13.1. The molecule has 0 unspecified atom stereocenters. The van der Waals surface area contributed by atoms with E-state index in [1.54, 1.807) is 19.1 Å². The number of carbonyl (C=O) groups excluding carboxylic acids is 1. The molecule has 18 heavy (non-hydrogen) atoms. The Morgan fingerprint density at radius 3 is 2.89 bits per heavy atom. The van der Waals surface area contributed by atoms with E-state index in [1.165, 1.54) is 29.1 Å². The Morgan fingerprint density at radius 2 is 2.22 bits per heavy atom. The molecule has 0 saturated carbocycles. The van der Waals surface area contributed by atoms with Crippen molar-refractivity contribution in [1.29, 1.82) is 0 Å². The van der Waals surface area contributed by atoms with Crippen LogP contribution in [0.25, 0.3) is 10.8 Å². The number of hydrogen-bond acceptors (Lipinski definition) is 4. The molecule has 2 aromatic rings. The second-order valence-corrected chi connectivity index (χ2v) is 3.59. The van der Waals surface area contributed by atoms with E-state index in [-0.39, 0.29) is 12.3 Å². The van der Waals surface area contributed by atoms with E-state index in [1.807, 2.05) is 0 Å². The molecule has 6 nitrogen and oxygen atoms in total. The maximum Gasteiger partial charge on any atom is 0.601 e. The topological polar surface area (TPSA) is 73.3 Å². The lowest BCUT2D eigenvalue weighted by Crippen LogP contribution is -2.42. The van der Waals surface area contributed by atoms with Gasteiger partial charge in [0.15, 0.2) is 12.4 Å². The molecule has 1 heterocycles. The molecule has 0 aliphatic heterocycles. The number of rotatable bonds is 2. The first kappa shape index (κ1) is 12.0. The van der Waals surface area contributed by atoms with Crippen LogP contribution in [0.2, 0.25) is 0 Å². The van der Waals surface area contributed by atoms with Gasteiger partial charge in [0.05, 0.1) is 22.3 Å². The van der Waals surface area contributed by atoms with Crippen LogP contribution in [0.3, 0.4) is 0 Å². The largest absolute Gasteiger partial charge is 0.601 e. The number of carbonyl (C=O) groups is 1. The Balaban J connectivity index is 2.53.